The molecule has 2 aromatic rings. The molecule has 1 N–H and O–H groups in total. The summed E-state index contributed by atoms with van der Waals surface area (Å²) in [4.78, 5) is 12.3. The van der Waals surface area contributed by atoms with Crippen molar-refractivity contribution >= 4 is 5.91 Å². The summed E-state index contributed by atoms with van der Waals surface area (Å²) in [5, 5.41) is 2.88. The first-order valence-corrected chi connectivity index (χ1v) is 7.22. The van der Waals surface area contributed by atoms with Gasteiger partial charge in [-0.3, -0.25) is 4.79 Å². The maximum absolute atomic E-state index is 12.3. The van der Waals surface area contributed by atoms with Crippen molar-refractivity contribution < 1.29 is 19.0 Å². The summed E-state index contributed by atoms with van der Waals surface area (Å²) in [6, 6.07) is 11.0. The SMILES string of the molecule is COc1ccc(CNC(=O)c2cc(OC)c(C)c(OC)c2)cc1. The van der Waals surface area contributed by atoms with Gasteiger partial charge in [0.2, 0.25) is 0 Å². The summed E-state index contributed by atoms with van der Waals surface area (Å²) >= 11 is 0. The first-order chi connectivity index (χ1) is 11.1. The number of benzene rings is 2. The van der Waals surface area contributed by atoms with Crippen LogP contribution in [-0.4, -0.2) is 27.2 Å². The molecule has 0 spiro atoms. The molecule has 23 heavy (non-hydrogen) atoms. The molecule has 0 aliphatic rings. The van der Waals surface area contributed by atoms with Crippen LogP contribution in [0.5, 0.6) is 17.2 Å². The number of hydrogen-bond donors (Lipinski definition) is 1. The highest BCUT2D eigenvalue weighted by Gasteiger charge is 2.13. The summed E-state index contributed by atoms with van der Waals surface area (Å²) in [5.74, 6) is 1.85. The first-order valence-electron chi connectivity index (χ1n) is 7.22. The lowest BCUT2D eigenvalue weighted by Gasteiger charge is -2.13. The zero-order valence-corrected chi connectivity index (χ0v) is 13.8. The van der Waals surface area contributed by atoms with Crippen LogP contribution in [0, 0.1) is 6.92 Å². The number of hydrogen-bond acceptors (Lipinski definition) is 4. The second-order valence-corrected chi connectivity index (χ2v) is 5.04. The molecule has 0 fully saturated rings. The normalized spacial score (nSPS) is 10.1. The molecule has 0 atom stereocenters. The van der Waals surface area contributed by atoms with Gasteiger partial charge in [0.05, 0.1) is 21.3 Å². The molecule has 1 amide bonds. The molecule has 0 unspecified atom stereocenters. The van der Waals surface area contributed by atoms with E-state index in [-0.39, 0.29) is 5.91 Å². The standard InChI is InChI=1S/C18H21NO4/c1-12-16(22-3)9-14(10-17(12)23-4)18(20)19-11-13-5-7-15(21-2)8-6-13/h5-10H,11H2,1-4H3,(H,19,20). The van der Waals surface area contributed by atoms with Crippen molar-refractivity contribution in [3.63, 3.8) is 0 Å². The predicted octanol–water partition coefficient (Wildman–Crippen LogP) is 2.95. The summed E-state index contributed by atoms with van der Waals surface area (Å²) in [5.41, 5.74) is 2.35. The van der Waals surface area contributed by atoms with Gasteiger partial charge in [-0.2, -0.15) is 0 Å². The minimum atomic E-state index is -0.183. The summed E-state index contributed by atoms with van der Waals surface area (Å²) in [6.45, 7) is 2.32. The second kappa shape index (κ2) is 7.54. The van der Waals surface area contributed by atoms with E-state index in [2.05, 4.69) is 5.32 Å². The van der Waals surface area contributed by atoms with E-state index in [1.54, 1.807) is 33.5 Å². The van der Waals surface area contributed by atoms with E-state index in [9.17, 15) is 4.79 Å². The van der Waals surface area contributed by atoms with Gasteiger partial charge in [-0.15, -0.1) is 0 Å². The molecule has 122 valence electrons. The average molecular weight is 315 g/mol. The fourth-order valence-electron chi connectivity index (χ4n) is 2.24. The van der Waals surface area contributed by atoms with Crippen LogP contribution in [0.4, 0.5) is 0 Å². The number of amides is 1. The molecule has 0 aliphatic heterocycles. The number of carbonyl (C=O) groups is 1. The van der Waals surface area contributed by atoms with E-state index >= 15 is 0 Å². The number of rotatable bonds is 6. The monoisotopic (exact) mass is 315 g/mol. The lowest BCUT2D eigenvalue weighted by molar-refractivity contribution is 0.0950. The van der Waals surface area contributed by atoms with Crippen LogP contribution in [0.2, 0.25) is 0 Å². The maximum Gasteiger partial charge on any atom is 0.251 e. The second-order valence-electron chi connectivity index (χ2n) is 5.04. The molecule has 0 aromatic heterocycles. The van der Waals surface area contributed by atoms with Gasteiger partial charge >= 0.3 is 0 Å². The number of ether oxygens (including phenoxy) is 3. The molecule has 5 heteroatoms. The predicted molar refractivity (Wildman–Crippen MR) is 88.4 cm³/mol. The van der Waals surface area contributed by atoms with Crippen LogP contribution in [0.3, 0.4) is 0 Å². The van der Waals surface area contributed by atoms with Crippen LogP contribution in [0.25, 0.3) is 0 Å². The highest BCUT2D eigenvalue weighted by molar-refractivity contribution is 5.95. The Kier molecular flexibility index (Phi) is 5.46. The molecule has 0 heterocycles. The molecule has 0 aliphatic carbocycles. The maximum atomic E-state index is 12.3. The average Bonchev–Trinajstić information content (AvgIpc) is 2.60. The highest BCUT2D eigenvalue weighted by Crippen LogP contribution is 2.29. The van der Waals surface area contributed by atoms with Gasteiger partial charge in [0, 0.05) is 17.7 Å². The van der Waals surface area contributed by atoms with E-state index in [0.29, 0.717) is 23.6 Å². The molecule has 0 saturated heterocycles. The molecule has 5 nitrogen and oxygen atoms in total. The molecule has 2 rings (SSSR count). The van der Waals surface area contributed by atoms with Gasteiger partial charge in [-0.05, 0) is 36.8 Å². The van der Waals surface area contributed by atoms with Gasteiger partial charge in [-0.25, -0.2) is 0 Å². The Balaban J connectivity index is 2.10. The van der Waals surface area contributed by atoms with Crippen molar-refractivity contribution in [2.75, 3.05) is 21.3 Å². The van der Waals surface area contributed by atoms with Gasteiger partial charge in [0.1, 0.15) is 17.2 Å². The molecular weight excluding hydrogens is 294 g/mol. The summed E-state index contributed by atoms with van der Waals surface area (Å²) in [6.07, 6.45) is 0. The summed E-state index contributed by atoms with van der Waals surface area (Å²) in [7, 11) is 4.76. The van der Waals surface area contributed by atoms with E-state index in [0.717, 1.165) is 16.9 Å². The van der Waals surface area contributed by atoms with E-state index in [1.165, 1.54) is 0 Å². The Bertz CT molecular complexity index is 655. The Labute approximate surface area is 136 Å². The fourth-order valence-corrected chi connectivity index (χ4v) is 2.24. The van der Waals surface area contributed by atoms with Crippen molar-refractivity contribution in [1.82, 2.24) is 5.32 Å². The van der Waals surface area contributed by atoms with Gasteiger partial charge in [-0.1, -0.05) is 12.1 Å². The third kappa shape index (κ3) is 3.94. The summed E-state index contributed by atoms with van der Waals surface area (Å²) < 4.78 is 15.7. The zero-order valence-electron chi connectivity index (χ0n) is 13.8. The van der Waals surface area contributed by atoms with Gasteiger partial charge in [0.25, 0.3) is 5.91 Å². The zero-order chi connectivity index (χ0) is 16.8. The molecule has 2 aromatic carbocycles. The van der Waals surface area contributed by atoms with E-state index in [1.807, 2.05) is 31.2 Å². The van der Waals surface area contributed by atoms with E-state index in [4.69, 9.17) is 14.2 Å². The topological polar surface area (TPSA) is 56.8 Å². The smallest absolute Gasteiger partial charge is 0.251 e. The van der Waals surface area contributed by atoms with Crippen LogP contribution in [0.1, 0.15) is 21.5 Å². The lowest BCUT2D eigenvalue weighted by atomic mass is 10.1. The number of carbonyl (C=O) groups excluding carboxylic acids is 1. The van der Waals surface area contributed by atoms with Gasteiger partial charge in [0.15, 0.2) is 0 Å². The number of methoxy groups -OCH3 is 3. The lowest BCUT2D eigenvalue weighted by Crippen LogP contribution is -2.23. The van der Waals surface area contributed by atoms with Crippen molar-refractivity contribution in [3.05, 3.63) is 53.1 Å². The van der Waals surface area contributed by atoms with Crippen LogP contribution < -0.4 is 19.5 Å². The third-order valence-electron chi connectivity index (χ3n) is 3.63. The Morgan fingerprint density at radius 3 is 2.00 bits per heavy atom. The van der Waals surface area contributed by atoms with E-state index < -0.39 is 0 Å². The first kappa shape index (κ1) is 16.7. The quantitative estimate of drug-likeness (QED) is 0.890. The third-order valence-corrected chi connectivity index (χ3v) is 3.63. The Hall–Kier alpha value is -2.69. The minimum Gasteiger partial charge on any atom is -0.497 e. The van der Waals surface area contributed by atoms with Crippen molar-refractivity contribution in [1.29, 1.82) is 0 Å². The van der Waals surface area contributed by atoms with Crippen molar-refractivity contribution in [2.24, 2.45) is 0 Å². The minimum absolute atomic E-state index is 0.183. The fraction of sp³-hybridized carbons (Fsp3) is 0.278. The highest BCUT2D eigenvalue weighted by atomic mass is 16.5. The molecule has 0 bridgehead atoms. The largest absolute Gasteiger partial charge is 0.497 e. The Morgan fingerprint density at radius 1 is 0.957 bits per heavy atom. The van der Waals surface area contributed by atoms with Crippen LogP contribution >= 0.6 is 0 Å². The van der Waals surface area contributed by atoms with Crippen molar-refractivity contribution in [2.45, 2.75) is 13.5 Å². The van der Waals surface area contributed by atoms with Crippen LogP contribution in [-0.2, 0) is 6.54 Å². The Morgan fingerprint density at radius 2 is 1.52 bits per heavy atom. The van der Waals surface area contributed by atoms with Gasteiger partial charge < -0.3 is 19.5 Å². The van der Waals surface area contributed by atoms with Crippen LogP contribution in [0.15, 0.2) is 36.4 Å². The number of nitrogens with one attached hydrogen (secondary N) is 1. The molecule has 0 radical (unpaired) electrons. The molecular formula is C18H21NO4. The van der Waals surface area contributed by atoms with Crippen molar-refractivity contribution in [3.8, 4) is 17.2 Å². The molecule has 0 saturated carbocycles.